The highest BCUT2D eigenvalue weighted by molar-refractivity contribution is 6.30. The summed E-state index contributed by atoms with van der Waals surface area (Å²) in [6, 6.07) is 6.63. The quantitative estimate of drug-likeness (QED) is 0.877. The van der Waals surface area contributed by atoms with E-state index in [-0.39, 0.29) is 11.9 Å². The van der Waals surface area contributed by atoms with Gasteiger partial charge in [0.1, 0.15) is 5.82 Å². The highest BCUT2D eigenvalue weighted by atomic mass is 35.5. The third-order valence-corrected chi connectivity index (χ3v) is 3.72. The fourth-order valence-electron chi connectivity index (χ4n) is 2.57. The van der Waals surface area contributed by atoms with Crippen molar-refractivity contribution in [1.82, 2.24) is 15.1 Å². The van der Waals surface area contributed by atoms with Crippen LogP contribution >= 0.6 is 11.6 Å². The maximum Gasteiger partial charge on any atom is 0.128 e. The van der Waals surface area contributed by atoms with Crippen molar-refractivity contribution in [3.63, 3.8) is 0 Å². The lowest BCUT2D eigenvalue weighted by molar-refractivity contribution is 0.490. The Morgan fingerprint density at radius 1 is 1.33 bits per heavy atom. The molecule has 0 radical (unpaired) electrons. The molecule has 1 atom stereocenters. The molecule has 0 amide bonds. The van der Waals surface area contributed by atoms with Gasteiger partial charge in [0, 0.05) is 35.3 Å². The first kappa shape index (κ1) is 16.0. The van der Waals surface area contributed by atoms with Gasteiger partial charge in [-0.25, -0.2) is 4.39 Å². The number of halogens is 2. The summed E-state index contributed by atoms with van der Waals surface area (Å²) in [5, 5.41) is 8.33. The molecule has 1 aromatic heterocycles. The van der Waals surface area contributed by atoms with Gasteiger partial charge in [-0.1, -0.05) is 18.5 Å². The number of nitrogens with zero attached hydrogens (tertiary/aromatic N) is 2. The van der Waals surface area contributed by atoms with Crippen molar-refractivity contribution >= 4 is 11.6 Å². The Hall–Kier alpha value is -1.39. The molecular formula is C16H21ClFN3. The largest absolute Gasteiger partial charge is 0.310 e. The summed E-state index contributed by atoms with van der Waals surface area (Å²) in [7, 11) is 0. The molecule has 0 aliphatic heterocycles. The van der Waals surface area contributed by atoms with Crippen LogP contribution in [0.1, 0.15) is 36.8 Å². The second-order valence-corrected chi connectivity index (χ2v) is 5.51. The van der Waals surface area contributed by atoms with Crippen LogP contribution in [-0.4, -0.2) is 16.3 Å². The fourth-order valence-corrected chi connectivity index (χ4v) is 2.75. The van der Waals surface area contributed by atoms with Gasteiger partial charge in [0.2, 0.25) is 0 Å². The first-order valence-corrected chi connectivity index (χ1v) is 7.64. The molecule has 1 heterocycles. The molecule has 1 aromatic carbocycles. The van der Waals surface area contributed by atoms with E-state index in [0.29, 0.717) is 17.0 Å². The van der Waals surface area contributed by atoms with Gasteiger partial charge in [-0.3, -0.25) is 4.68 Å². The van der Waals surface area contributed by atoms with Crippen LogP contribution < -0.4 is 5.32 Å². The molecule has 0 aliphatic carbocycles. The Balaban J connectivity index is 2.32. The van der Waals surface area contributed by atoms with Crippen molar-refractivity contribution in [1.29, 1.82) is 0 Å². The molecule has 2 rings (SSSR count). The van der Waals surface area contributed by atoms with Gasteiger partial charge in [0.15, 0.2) is 0 Å². The van der Waals surface area contributed by atoms with Gasteiger partial charge >= 0.3 is 0 Å². The predicted octanol–water partition coefficient (Wildman–Crippen LogP) is 3.90. The zero-order valence-corrected chi connectivity index (χ0v) is 13.4. The standard InChI is InChI=1S/C16H21ClFN3/c1-4-19-16(14-9-12(17)6-7-15(14)18)10-13-8-11(3)20-21(13)5-2/h6-9,16,19H,4-5,10H2,1-3H3. The summed E-state index contributed by atoms with van der Waals surface area (Å²) in [6.07, 6.45) is 0.680. The molecular weight excluding hydrogens is 289 g/mol. The van der Waals surface area contributed by atoms with Crippen molar-refractivity contribution < 1.29 is 4.39 Å². The normalized spacial score (nSPS) is 12.6. The van der Waals surface area contributed by atoms with Crippen molar-refractivity contribution in [2.75, 3.05) is 6.54 Å². The molecule has 3 nitrogen and oxygen atoms in total. The van der Waals surface area contributed by atoms with E-state index in [1.807, 2.05) is 18.5 Å². The topological polar surface area (TPSA) is 29.9 Å². The molecule has 0 saturated heterocycles. The summed E-state index contributed by atoms with van der Waals surface area (Å²) in [4.78, 5) is 0. The van der Waals surface area contributed by atoms with E-state index in [1.54, 1.807) is 12.1 Å². The number of hydrogen-bond acceptors (Lipinski definition) is 2. The number of hydrogen-bond donors (Lipinski definition) is 1. The Morgan fingerprint density at radius 3 is 2.76 bits per heavy atom. The van der Waals surface area contributed by atoms with Crippen LogP contribution in [0.25, 0.3) is 0 Å². The van der Waals surface area contributed by atoms with E-state index >= 15 is 0 Å². The average molecular weight is 310 g/mol. The predicted molar refractivity (Wildman–Crippen MR) is 84.2 cm³/mol. The Labute approximate surface area is 130 Å². The van der Waals surface area contributed by atoms with Crippen LogP contribution in [0, 0.1) is 12.7 Å². The molecule has 5 heteroatoms. The molecule has 0 saturated carbocycles. The number of benzene rings is 1. The molecule has 2 aromatic rings. The van der Waals surface area contributed by atoms with Crippen LogP contribution in [-0.2, 0) is 13.0 Å². The highest BCUT2D eigenvalue weighted by Gasteiger charge is 2.18. The Kier molecular flexibility index (Phi) is 5.37. The van der Waals surface area contributed by atoms with Crippen LogP contribution in [0.4, 0.5) is 4.39 Å². The summed E-state index contributed by atoms with van der Waals surface area (Å²) < 4.78 is 16.1. The summed E-state index contributed by atoms with van der Waals surface area (Å²) in [6.45, 7) is 7.60. The third kappa shape index (κ3) is 3.83. The van der Waals surface area contributed by atoms with E-state index in [4.69, 9.17) is 11.6 Å². The smallest absolute Gasteiger partial charge is 0.128 e. The minimum atomic E-state index is -0.232. The summed E-state index contributed by atoms with van der Waals surface area (Å²) in [5.74, 6) is -0.232. The van der Waals surface area contributed by atoms with Gasteiger partial charge in [-0.05, 0) is 44.7 Å². The molecule has 1 N–H and O–H groups in total. The van der Waals surface area contributed by atoms with Gasteiger partial charge in [-0.2, -0.15) is 5.10 Å². The van der Waals surface area contributed by atoms with E-state index in [2.05, 4.69) is 23.4 Å². The number of aromatic nitrogens is 2. The summed E-state index contributed by atoms with van der Waals surface area (Å²) in [5.41, 5.74) is 2.68. The van der Waals surface area contributed by atoms with E-state index in [9.17, 15) is 4.39 Å². The minimum Gasteiger partial charge on any atom is -0.310 e. The second kappa shape index (κ2) is 7.05. The maximum absolute atomic E-state index is 14.1. The third-order valence-electron chi connectivity index (χ3n) is 3.48. The minimum absolute atomic E-state index is 0.116. The molecule has 0 bridgehead atoms. The average Bonchev–Trinajstić information content (AvgIpc) is 2.81. The van der Waals surface area contributed by atoms with E-state index < -0.39 is 0 Å². The van der Waals surface area contributed by atoms with Crippen molar-refractivity contribution in [2.45, 2.75) is 39.8 Å². The van der Waals surface area contributed by atoms with Crippen LogP contribution in [0.5, 0.6) is 0 Å². The molecule has 1 unspecified atom stereocenters. The number of nitrogens with one attached hydrogen (secondary N) is 1. The molecule has 0 spiro atoms. The Bertz CT molecular complexity index is 610. The lowest BCUT2D eigenvalue weighted by Crippen LogP contribution is -2.25. The summed E-state index contributed by atoms with van der Waals surface area (Å²) >= 11 is 6.01. The molecule has 114 valence electrons. The van der Waals surface area contributed by atoms with Crippen molar-refractivity contribution in [3.8, 4) is 0 Å². The number of rotatable bonds is 6. The SMILES string of the molecule is CCNC(Cc1cc(C)nn1CC)c1cc(Cl)ccc1F. The zero-order valence-electron chi connectivity index (χ0n) is 12.7. The molecule has 0 fully saturated rings. The molecule has 0 aliphatic rings. The first-order chi connectivity index (χ1) is 10.0. The number of aryl methyl sites for hydroxylation is 2. The van der Waals surface area contributed by atoms with Gasteiger partial charge in [0.05, 0.1) is 5.69 Å². The second-order valence-electron chi connectivity index (χ2n) is 5.07. The lowest BCUT2D eigenvalue weighted by atomic mass is 10.0. The Morgan fingerprint density at radius 2 is 2.10 bits per heavy atom. The van der Waals surface area contributed by atoms with Gasteiger partial charge in [-0.15, -0.1) is 0 Å². The van der Waals surface area contributed by atoms with Crippen LogP contribution in [0.2, 0.25) is 5.02 Å². The first-order valence-electron chi connectivity index (χ1n) is 7.26. The zero-order chi connectivity index (χ0) is 15.4. The van der Waals surface area contributed by atoms with Crippen LogP contribution in [0.3, 0.4) is 0 Å². The van der Waals surface area contributed by atoms with Gasteiger partial charge in [0.25, 0.3) is 0 Å². The molecule has 21 heavy (non-hydrogen) atoms. The maximum atomic E-state index is 14.1. The van der Waals surface area contributed by atoms with Crippen molar-refractivity contribution in [2.24, 2.45) is 0 Å². The van der Waals surface area contributed by atoms with E-state index in [0.717, 1.165) is 24.5 Å². The number of likely N-dealkylation sites (N-methyl/N-ethyl adjacent to an activating group) is 1. The monoisotopic (exact) mass is 309 g/mol. The lowest BCUT2D eigenvalue weighted by Gasteiger charge is -2.19. The highest BCUT2D eigenvalue weighted by Crippen LogP contribution is 2.25. The van der Waals surface area contributed by atoms with Crippen LogP contribution in [0.15, 0.2) is 24.3 Å². The van der Waals surface area contributed by atoms with Gasteiger partial charge < -0.3 is 5.32 Å². The van der Waals surface area contributed by atoms with E-state index in [1.165, 1.54) is 6.07 Å². The fraction of sp³-hybridized carbons (Fsp3) is 0.438. The van der Waals surface area contributed by atoms with Crippen molar-refractivity contribution in [3.05, 3.63) is 52.1 Å².